The average molecular weight is 297 g/mol. The first kappa shape index (κ1) is 14.7. The van der Waals surface area contributed by atoms with Crippen LogP contribution in [0.15, 0.2) is 18.2 Å². The lowest BCUT2D eigenvalue weighted by atomic mass is 9.96. The van der Waals surface area contributed by atoms with Gasteiger partial charge < -0.3 is 16.2 Å². The van der Waals surface area contributed by atoms with Gasteiger partial charge in [0.05, 0.1) is 16.5 Å². The Labute approximate surface area is 122 Å². The Morgan fingerprint density at radius 3 is 2.80 bits per heavy atom. The van der Waals surface area contributed by atoms with Gasteiger partial charge in [-0.15, -0.1) is 0 Å². The number of hydrogen-bond acceptors (Lipinski definition) is 3. The van der Waals surface area contributed by atoms with Crippen LogP contribution in [0.3, 0.4) is 0 Å². The molecule has 1 aromatic carbocycles. The van der Waals surface area contributed by atoms with E-state index < -0.39 is 11.9 Å². The smallest absolute Gasteiger partial charge is 0.306 e. The molecule has 1 saturated carbocycles. The van der Waals surface area contributed by atoms with Crippen LogP contribution < -0.4 is 11.1 Å². The SMILES string of the molecule is NC(=O)c1c(Cl)cccc1NCC1CCCC1C(=O)O. The molecule has 1 amide bonds. The molecule has 1 fully saturated rings. The summed E-state index contributed by atoms with van der Waals surface area (Å²) in [5.41, 5.74) is 6.12. The summed E-state index contributed by atoms with van der Waals surface area (Å²) in [5, 5.41) is 12.6. The number of primary amides is 1. The number of amides is 1. The summed E-state index contributed by atoms with van der Waals surface area (Å²) >= 11 is 5.96. The van der Waals surface area contributed by atoms with E-state index in [9.17, 15) is 9.59 Å². The molecule has 0 spiro atoms. The molecule has 2 unspecified atom stereocenters. The van der Waals surface area contributed by atoms with Gasteiger partial charge in [0.1, 0.15) is 0 Å². The fourth-order valence-corrected chi connectivity index (χ4v) is 3.04. The molecule has 0 bridgehead atoms. The van der Waals surface area contributed by atoms with Crippen LogP contribution in [0.4, 0.5) is 5.69 Å². The monoisotopic (exact) mass is 296 g/mol. The first-order chi connectivity index (χ1) is 9.50. The van der Waals surface area contributed by atoms with E-state index in [1.54, 1.807) is 18.2 Å². The van der Waals surface area contributed by atoms with Gasteiger partial charge >= 0.3 is 5.97 Å². The van der Waals surface area contributed by atoms with Gasteiger partial charge in [0, 0.05) is 12.2 Å². The molecule has 20 heavy (non-hydrogen) atoms. The second-order valence-electron chi connectivity index (χ2n) is 5.04. The highest BCUT2D eigenvalue weighted by molar-refractivity contribution is 6.34. The van der Waals surface area contributed by atoms with Crippen molar-refractivity contribution in [2.45, 2.75) is 19.3 Å². The van der Waals surface area contributed by atoms with Crippen molar-refractivity contribution in [3.05, 3.63) is 28.8 Å². The standard InChI is InChI=1S/C14H17ClN2O3/c15-10-5-2-6-11(12(10)13(16)18)17-7-8-3-1-4-9(8)14(19)20/h2,5-6,8-9,17H,1,3-4,7H2,(H2,16,18)(H,19,20). The molecule has 0 radical (unpaired) electrons. The number of carbonyl (C=O) groups excluding carboxylic acids is 1. The lowest BCUT2D eigenvalue weighted by Crippen LogP contribution is -2.25. The van der Waals surface area contributed by atoms with Gasteiger partial charge in [0.2, 0.25) is 0 Å². The Hall–Kier alpha value is -1.75. The van der Waals surface area contributed by atoms with E-state index in [4.69, 9.17) is 22.4 Å². The van der Waals surface area contributed by atoms with Crippen LogP contribution in [-0.4, -0.2) is 23.5 Å². The summed E-state index contributed by atoms with van der Waals surface area (Å²) < 4.78 is 0. The minimum Gasteiger partial charge on any atom is -0.481 e. The van der Waals surface area contributed by atoms with Gasteiger partial charge in [0.25, 0.3) is 5.91 Å². The number of nitrogens with one attached hydrogen (secondary N) is 1. The number of benzene rings is 1. The zero-order valence-electron chi connectivity index (χ0n) is 10.9. The lowest BCUT2D eigenvalue weighted by Gasteiger charge is -2.18. The van der Waals surface area contributed by atoms with E-state index in [0.29, 0.717) is 23.7 Å². The number of carbonyl (C=O) groups is 2. The van der Waals surface area contributed by atoms with E-state index in [-0.39, 0.29) is 17.4 Å². The molecule has 5 nitrogen and oxygen atoms in total. The highest BCUT2D eigenvalue weighted by atomic mass is 35.5. The number of aliphatic carboxylic acids is 1. The Bertz CT molecular complexity index is 533. The molecule has 1 aliphatic carbocycles. The first-order valence-corrected chi connectivity index (χ1v) is 6.93. The van der Waals surface area contributed by atoms with Crippen LogP contribution >= 0.6 is 11.6 Å². The summed E-state index contributed by atoms with van der Waals surface area (Å²) in [4.78, 5) is 22.5. The van der Waals surface area contributed by atoms with Crippen molar-refractivity contribution >= 4 is 29.2 Å². The Balaban J connectivity index is 2.10. The maximum atomic E-state index is 11.4. The maximum Gasteiger partial charge on any atom is 0.306 e. The molecule has 6 heteroatoms. The van der Waals surface area contributed by atoms with Crippen molar-refractivity contribution in [1.82, 2.24) is 0 Å². The van der Waals surface area contributed by atoms with Crippen molar-refractivity contribution in [3.63, 3.8) is 0 Å². The van der Waals surface area contributed by atoms with Crippen molar-refractivity contribution < 1.29 is 14.7 Å². The van der Waals surface area contributed by atoms with E-state index in [1.165, 1.54) is 0 Å². The third-order valence-electron chi connectivity index (χ3n) is 3.79. The van der Waals surface area contributed by atoms with Gasteiger partial charge in [-0.25, -0.2) is 0 Å². The van der Waals surface area contributed by atoms with Crippen LogP contribution in [-0.2, 0) is 4.79 Å². The molecule has 0 aliphatic heterocycles. The quantitative estimate of drug-likeness (QED) is 0.777. The molecule has 1 aromatic rings. The van der Waals surface area contributed by atoms with Crippen LogP contribution in [0.2, 0.25) is 5.02 Å². The molecule has 4 N–H and O–H groups in total. The first-order valence-electron chi connectivity index (χ1n) is 6.55. The summed E-state index contributed by atoms with van der Waals surface area (Å²) in [6.07, 6.45) is 2.50. The van der Waals surface area contributed by atoms with Gasteiger partial charge in [-0.3, -0.25) is 9.59 Å². The summed E-state index contributed by atoms with van der Waals surface area (Å²) in [7, 11) is 0. The second-order valence-corrected chi connectivity index (χ2v) is 5.45. The predicted molar refractivity (Wildman–Crippen MR) is 76.9 cm³/mol. The van der Waals surface area contributed by atoms with Gasteiger partial charge in [-0.1, -0.05) is 24.1 Å². The van der Waals surface area contributed by atoms with Crippen molar-refractivity contribution in [1.29, 1.82) is 0 Å². The number of halogens is 1. The number of nitrogens with two attached hydrogens (primary N) is 1. The molecule has 108 valence electrons. The number of anilines is 1. The highest BCUT2D eigenvalue weighted by Crippen LogP contribution is 2.33. The second kappa shape index (κ2) is 6.13. The van der Waals surface area contributed by atoms with Gasteiger partial charge in [-0.2, -0.15) is 0 Å². The number of carboxylic acid groups (broad SMARTS) is 1. The zero-order valence-corrected chi connectivity index (χ0v) is 11.7. The minimum absolute atomic E-state index is 0.0622. The molecule has 0 saturated heterocycles. The molecule has 0 aromatic heterocycles. The van der Waals surface area contributed by atoms with Crippen molar-refractivity contribution in [2.75, 3.05) is 11.9 Å². The highest BCUT2D eigenvalue weighted by Gasteiger charge is 2.32. The maximum absolute atomic E-state index is 11.4. The third kappa shape index (κ3) is 3.04. The number of hydrogen-bond donors (Lipinski definition) is 3. The van der Waals surface area contributed by atoms with Crippen LogP contribution in [0.25, 0.3) is 0 Å². The Morgan fingerprint density at radius 2 is 2.15 bits per heavy atom. The van der Waals surface area contributed by atoms with Gasteiger partial charge in [0.15, 0.2) is 0 Å². The summed E-state index contributed by atoms with van der Waals surface area (Å²) in [6, 6.07) is 5.04. The lowest BCUT2D eigenvalue weighted by molar-refractivity contribution is -0.142. The molecular formula is C14H17ClN2O3. The van der Waals surface area contributed by atoms with Crippen molar-refractivity contribution in [2.24, 2.45) is 17.6 Å². The van der Waals surface area contributed by atoms with Crippen molar-refractivity contribution in [3.8, 4) is 0 Å². The van der Waals surface area contributed by atoms with E-state index >= 15 is 0 Å². The fourth-order valence-electron chi connectivity index (χ4n) is 2.77. The van der Waals surface area contributed by atoms with E-state index in [0.717, 1.165) is 12.8 Å². The fraction of sp³-hybridized carbons (Fsp3) is 0.429. The Kier molecular flexibility index (Phi) is 4.49. The van der Waals surface area contributed by atoms with Crippen LogP contribution in [0.5, 0.6) is 0 Å². The minimum atomic E-state index is -0.754. The normalized spacial score (nSPS) is 21.6. The molecule has 0 heterocycles. The number of rotatable bonds is 5. The molecular weight excluding hydrogens is 280 g/mol. The van der Waals surface area contributed by atoms with Crippen LogP contribution in [0, 0.1) is 11.8 Å². The van der Waals surface area contributed by atoms with Crippen LogP contribution in [0.1, 0.15) is 29.6 Å². The third-order valence-corrected chi connectivity index (χ3v) is 4.11. The van der Waals surface area contributed by atoms with Gasteiger partial charge in [-0.05, 0) is 30.9 Å². The predicted octanol–water partition coefficient (Wildman–Crippen LogP) is 2.35. The van der Waals surface area contributed by atoms with E-state index in [1.807, 2.05) is 0 Å². The average Bonchev–Trinajstić information content (AvgIpc) is 2.84. The number of carboxylic acids is 1. The Morgan fingerprint density at radius 1 is 1.40 bits per heavy atom. The largest absolute Gasteiger partial charge is 0.481 e. The topological polar surface area (TPSA) is 92.4 Å². The summed E-state index contributed by atoms with van der Waals surface area (Å²) in [5.74, 6) is -1.61. The zero-order chi connectivity index (χ0) is 14.7. The molecule has 2 atom stereocenters. The summed E-state index contributed by atoms with van der Waals surface area (Å²) in [6.45, 7) is 0.498. The van der Waals surface area contributed by atoms with E-state index in [2.05, 4.69) is 5.32 Å². The molecule has 1 aliphatic rings. The molecule has 2 rings (SSSR count).